The summed E-state index contributed by atoms with van der Waals surface area (Å²) in [7, 11) is 4.02. The minimum Gasteiger partial charge on any atom is -0.492 e. The van der Waals surface area contributed by atoms with Crippen molar-refractivity contribution in [1.82, 2.24) is 4.90 Å². The summed E-state index contributed by atoms with van der Waals surface area (Å²) in [6.45, 7) is 6.28. The lowest BCUT2D eigenvalue weighted by atomic mass is 9.90. The summed E-state index contributed by atoms with van der Waals surface area (Å²) in [4.78, 5) is 20.3. The molecule has 7 heteroatoms. The van der Waals surface area contributed by atoms with E-state index in [1.165, 1.54) is 0 Å². The van der Waals surface area contributed by atoms with Crippen molar-refractivity contribution >= 4 is 23.0 Å². The predicted octanol–water partition coefficient (Wildman–Crippen LogP) is 5.28. The molecule has 1 aliphatic rings. The molecule has 0 aliphatic carbocycles. The SMILES string of the molecule is CCOc1cc2c(cc1OCC)C(C(=Nc1ccc(OCCN(C)C)cc1)c1ccccc1)C(=O)N2. The number of rotatable bonds is 11. The molecule has 0 bridgehead atoms. The Hall–Kier alpha value is -3.84. The third kappa shape index (κ3) is 5.86. The van der Waals surface area contributed by atoms with Crippen LogP contribution in [0, 0.1) is 0 Å². The Balaban J connectivity index is 1.72. The molecule has 3 aromatic rings. The average molecular weight is 488 g/mol. The largest absolute Gasteiger partial charge is 0.492 e. The van der Waals surface area contributed by atoms with E-state index in [0.717, 1.165) is 29.1 Å². The van der Waals surface area contributed by atoms with E-state index in [0.29, 0.717) is 42.7 Å². The molecule has 1 atom stereocenters. The zero-order valence-corrected chi connectivity index (χ0v) is 21.3. The van der Waals surface area contributed by atoms with E-state index in [9.17, 15) is 4.79 Å². The monoisotopic (exact) mass is 487 g/mol. The van der Waals surface area contributed by atoms with Crippen LogP contribution in [0.4, 0.5) is 11.4 Å². The van der Waals surface area contributed by atoms with E-state index in [2.05, 4.69) is 10.2 Å². The molecule has 3 aromatic carbocycles. The number of fused-ring (bicyclic) bond motifs is 1. The van der Waals surface area contributed by atoms with Crippen molar-refractivity contribution in [3.63, 3.8) is 0 Å². The summed E-state index contributed by atoms with van der Waals surface area (Å²) < 4.78 is 17.4. The molecule has 1 N–H and O–H groups in total. The van der Waals surface area contributed by atoms with Gasteiger partial charge >= 0.3 is 0 Å². The van der Waals surface area contributed by atoms with E-state index in [-0.39, 0.29) is 5.91 Å². The van der Waals surface area contributed by atoms with Crippen molar-refractivity contribution in [2.45, 2.75) is 19.8 Å². The van der Waals surface area contributed by atoms with Crippen LogP contribution in [-0.4, -0.2) is 57.0 Å². The molecule has 0 saturated heterocycles. The fraction of sp³-hybridized carbons (Fsp3) is 0.310. The average Bonchev–Trinajstić information content (AvgIpc) is 3.18. The van der Waals surface area contributed by atoms with Crippen molar-refractivity contribution in [3.8, 4) is 17.2 Å². The Morgan fingerprint density at radius 2 is 1.58 bits per heavy atom. The lowest BCUT2D eigenvalue weighted by molar-refractivity contribution is -0.115. The topological polar surface area (TPSA) is 72.4 Å². The maximum absolute atomic E-state index is 13.3. The van der Waals surface area contributed by atoms with Gasteiger partial charge in [0.05, 0.1) is 24.6 Å². The molecule has 36 heavy (non-hydrogen) atoms. The van der Waals surface area contributed by atoms with Crippen LogP contribution < -0.4 is 19.5 Å². The second kappa shape index (κ2) is 11.7. The van der Waals surface area contributed by atoms with Crippen LogP contribution in [-0.2, 0) is 4.79 Å². The molecule has 1 aliphatic heterocycles. The van der Waals surface area contributed by atoms with E-state index in [1.807, 2.05) is 94.7 Å². The third-order valence-corrected chi connectivity index (χ3v) is 5.78. The van der Waals surface area contributed by atoms with Gasteiger partial charge in [0.25, 0.3) is 0 Å². The van der Waals surface area contributed by atoms with E-state index >= 15 is 0 Å². The Labute approximate surface area is 212 Å². The molecule has 0 aromatic heterocycles. The second-order valence-corrected chi connectivity index (χ2v) is 8.68. The fourth-order valence-electron chi connectivity index (χ4n) is 4.08. The molecular formula is C29H33N3O4. The minimum absolute atomic E-state index is 0.132. The summed E-state index contributed by atoms with van der Waals surface area (Å²) in [6.07, 6.45) is 0. The summed E-state index contributed by atoms with van der Waals surface area (Å²) in [5.41, 5.74) is 3.82. The van der Waals surface area contributed by atoms with Crippen LogP contribution in [0.25, 0.3) is 0 Å². The molecule has 0 fully saturated rings. The van der Waals surface area contributed by atoms with Crippen molar-refractivity contribution in [3.05, 3.63) is 77.9 Å². The highest BCUT2D eigenvalue weighted by atomic mass is 16.5. The lowest BCUT2D eigenvalue weighted by Crippen LogP contribution is -2.22. The fourth-order valence-corrected chi connectivity index (χ4v) is 4.08. The number of aliphatic imine (C=N–C) groups is 1. The molecule has 1 unspecified atom stereocenters. The third-order valence-electron chi connectivity index (χ3n) is 5.78. The van der Waals surface area contributed by atoms with Gasteiger partial charge < -0.3 is 24.4 Å². The maximum atomic E-state index is 13.3. The van der Waals surface area contributed by atoms with Crippen LogP contribution >= 0.6 is 0 Å². The van der Waals surface area contributed by atoms with Gasteiger partial charge in [0, 0.05) is 18.3 Å². The first-order valence-electron chi connectivity index (χ1n) is 12.3. The maximum Gasteiger partial charge on any atom is 0.238 e. The first-order valence-corrected chi connectivity index (χ1v) is 12.3. The van der Waals surface area contributed by atoms with Crippen molar-refractivity contribution in [2.75, 3.05) is 45.8 Å². The summed E-state index contributed by atoms with van der Waals surface area (Å²) in [6, 6.07) is 21.2. The van der Waals surface area contributed by atoms with Crippen LogP contribution in [0.1, 0.15) is 30.9 Å². The quantitative estimate of drug-likeness (QED) is 0.373. The number of anilines is 1. The zero-order chi connectivity index (χ0) is 25.5. The summed E-state index contributed by atoms with van der Waals surface area (Å²) in [5.74, 6) is 1.29. The first-order chi connectivity index (χ1) is 17.5. The smallest absolute Gasteiger partial charge is 0.238 e. The Morgan fingerprint density at radius 1 is 0.917 bits per heavy atom. The number of amides is 1. The lowest BCUT2D eigenvalue weighted by Gasteiger charge is -2.16. The van der Waals surface area contributed by atoms with Gasteiger partial charge in [-0.15, -0.1) is 0 Å². The van der Waals surface area contributed by atoms with Gasteiger partial charge in [-0.2, -0.15) is 0 Å². The van der Waals surface area contributed by atoms with Crippen molar-refractivity contribution in [2.24, 2.45) is 4.99 Å². The Kier molecular flexibility index (Phi) is 8.23. The van der Waals surface area contributed by atoms with Gasteiger partial charge in [0.15, 0.2) is 11.5 Å². The Bertz CT molecular complexity index is 1210. The van der Waals surface area contributed by atoms with Gasteiger partial charge in [0.1, 0.15) is 18.3 Å². The normalized spacial score (nSPS) is 15.0. The van der Waals surface area contributed by atoms with Crippen LogP contribution in [0.5, 0.6) is 17.2 Å². The molecule has 0 saturated carbocycles. The number of nitrogens with one attached hydrogen (secondary N) is 1. The number of carbonyl (C=O) groups excluding carboxylic acids is 1. The number of nitrogens with zero attached hydrogens (tertiary/aromatic N) is 2. The molecular weight excluding hydrogens is 454 g/mol. The van der Waals surface area contributed by atoms with E-state index in [1.54, 1.807) is 0 Å². The second-order valence-electron chi connectivity index (χ2n) is 8.68. The molecule has 1 amide bonds. The highest BCUT2D eigenvalue weighted by Crippen LogP contribution is 2.43. The zero-order valence-electron chi connectivity index (χ0n) is 21.3. The molecule has 0 radical (unpaired) electrons. The van der Waals surface area contributed by atoms with E-state index in [4.69, 9.17) is 19.2 Å². The number of ether oxygens (including phenoxy) is 3. The van der Waals surface area contributed by atoms with Gasteiger partial charge in [-0.3, -0.25) is 9.79 Å². The molecule has 7 nitrogen and oxygen atoms in total. The van der Waals surface area contributed by atoms with Crippen molar-refractivity contribution < 1.29 is 19.0 Å². The standard InChI is InChI=1S/C29H33N3O4/c1-5-34-25-18-23-24(19-26(25)35-6-2)31-29(33)27(23)28(20-10-8-7-9-11-20)30-21-12-14-22(15-13-21)36-17-16-32(3)4/h7-15,18-19,27H,5-6,16-17H2,1-4H3,(H,31,33). The molecule has 4 rings (SSSR count). The highest BCUT2D eigenvalue weighted by molar-refractivity contribution is 6.24. The first kappa shape index (κ1) is 25.3. The van der Waals surface area contributed by atoms with Crippen LogP contribution in [0.2, 0.25) is 0 Å². The number of carbonyl (C=O) groups is 1. The minimum atomic E-state index is -0.590. The number of hydrogen-bond acceptors (Lipinski definition) is 6. The molecule has 1 heterocycles. The van der Waals surface area contributed by atoms with Gasteiger partial charge in [-0.05, 0) is 69.4 Å². The number of likely N-dealkylation sites (N-methyl/N-ethyl adjacent to an activating group) is 1. The number of hydrogen-bond donors (Lipinski definition) is 1. The predicted molar refractivity (Wildman–Crippen MR) is 143 cm³/mol. The van der Waals surface area contributed by atoms with Gasteiger partial charge in [-0.25, -0.2) is 0 Å². The van der Waals surface area contributed by atoms with Crippen LogP contribution in [0.15, 0.2) is 71.7 Å². The molecule has 188 valence electrons. The number of benzene rings is 3. The van der Waals surface area contributed by atoms with Gasteiger partial charge in [0.2, 0.25) is 5.91 Å². The van der Waals surface area contributed by atoms with E-state index < -0.39 is 5.92 Å². The summed E-state index contributed by atoms with van der Waals surface area (Å²) >= 11 is 0. The molecule has 0 spiro atoms. The van der Waals surface area contributed by atoms with Crippen LogP contribution in [0.3, 0.4) is 0 Å². The van der Waals surface area contributed by atoms with Crippen molar-refractivity contribution in [1.29, 1.82) is 0 Å². The Morgan fingerprint density at radius 3 is 2.22 bits per heavy atom. The van der Waals surface area contributed by atoms with Gasteiger partial charge in [-0.1, -0.05) is 30.3 Å². The highest BCUT2D eigenvalue weighted by Gasteiger charge is 2.36. The summed E-state index contributed by atoms with van der Waals surface area (Å²) in [5, 5.41) is 3.01.